The van der Waals surface area contributed by atoms with Gasteiger partial charge in [0.05, 0.1) is 0 Å². The van der Waals surface area contributed by atoms with Gasteiger partial charge in [0.2, 0.25) is 0 Å². The van der Waals surface area contributed by atoms with Gasteiger partial charge in [-0.3, -0.25) is 0 Å². The van der Waals surface area contributed by atoms with Crippen molar-refractivity contribution in [1.29, 1.82) is 0 Å². The Labute approximate surface area is 79.0 Å². The van der Waals surface area contributed by atoms with Crippen molar-refractivity contribution in [2.45, 2.75) is 38.1 Å². The monoisotopic (exact) mass is 179 g/mol. The van der Waals surface area contributed by atoms with Crippen molar-refractivity contribution in [3.63, 3.8) is 0 Å². The first kappa shape index (κ1) is 8.75. The predicted octanol–water partition coefficient (Wildman–Crippen LogP) is 1.15. The van der Waals surface area contributed by atoms with E-state index in [0.717, 1.165) is 18.7 Å². The molecule has 1 saturated carbocycles. The van der Waals surface area contributed by atoms with Crippen LogP contribution >= 0.6 is 0 Å². The van der Waals surface area contributed by atoms with E-state index in [4.69, 9.17) is 5.73 Å². The van der Waals surface area contributed by atoms with Gasteiger partial charge in [0.15, 0.2) is 0 Å². The molecule has 1 aliphatic carbocycles. The Balaban J connectivity index is 1.97. The van der Waals surface area contributed by atoms with Gasteiger partial charge < -0.3 is 10.3 Å². The number of aryl methyl sites for hydroxylation is 2. The second kappa shape index (κ2) is 2.84. The van der Waals surface area contributed by atoms with Crippen LogP contribution in [-0.2, 0) is 13.5 Å². The zero-order chi connectivity index (χ0) is 9.47. The van der Waals surface area contributed by atoms with Crippen LogP contribution in [0.1, 0.15) is 30.8 Å². The summed E-state index contributed by atoms with van der Waals surface area (Å²) in [5, 5.41) is 0. The van der Waals surface area contributed by atoms with Crippen LogP contribution in [0.4, 0.5) is 0 Å². The summed E-state index contributed by atoms with van der Waals surface area (Å²) >= 11 is 0. The predicted molar refractivity (Wildman–Crippen MR) is 52.4 cm³/mol. The lowest BCUT2D eigenvalue weighted by Gasteiger charge is -2.08. The van der Waals surface area contributed by atoms with Crippen molar-refractivity contribution < 1.29 is 0 Å². The second-order valence-electron chi connectivity index (χ2n) is 4.22. The van der Waals surface area contributed by atoms with E-state index >= 15 is 0 Å². The summed E-state index contributed by atoms with van der Waals surface area (Å²) in [6.45, 7) is 2.03. The molecule has 2 rings (SSSR count). The Kier molecular flexibility index (Phi) is 1.91. The Hall–Kier alpha value is -0.830. The SMILES string of the molecule is Cc1ncc(CCC2(N)CC2)n1C. The van der Waals surface area contributed by atoms with Crippen LogP contribution in [-0.4, -0.2) is 15.1 Å². The molecule has 1 heterocycles. The molecule has 72 valence electrons. The standard InChI is InChI=1S/C10H17N3/c1-8-12-7-9(13(8)2)3-4-10(11)5-6-10/h7H,3-6,11H2,1-2H3. The summed E-state index contributed by atoms with van der Waals surface area (Å²) in [4.78, 5) is 4.26. The number of aromatic nitrogens is 2. The van der Waals surface area contributed by atoms with Gasteiger partial charge in [-0.05, 0) is 32.6 Å². The van der Waals surface area contributed by atoms with E-state index in [1.54, 1.807) is 0 Å². The van der Waals surface area contributed by atoms with Gasteiger partial charge in [-0.25, -0.2) is 4.98 Å². The van der Waals surface area contributed by atoms with Gasteiger partial charge in [-0.2, -0.15) is 0 Å². The Morgan fingerprint density at radius 3 is 2.77 bits per heavy atom. The molecular formula is C10H17N3. The fraction of sp³-hybridized carbons (Fsp3) is 0.700. The zero-order valence-electron chi connectivity index (χ0n) is 8.38. The summed E-state index contributed by atoms with van der Waals surface area (Å²) in [6, 6.07) is 0. The molecule has 2 N–H and O–H groups in total. The molecular weight excluding hydrogens is 162 g/mol. The maximum atomic E-state index is 6.02. The largest absolute Gasteiger partial charge is 0.335 e. The van der Waals surface area contributed by atoms with Crippen LogP contribution in [0.5, 0.6) is 0 Å². The number of imidazole rings is 1. The highest BCUT2D eigenvalue weighted by Crippen LogP contribution is 2.36. The van der Waals surface area contributed by atoms with Crippen LogP contribution in [0.25, 0.3) is 0 Å². The molecule has 3 heteroatoms. The van der Waals surface area contributed by atoms with Crippen LogP contribution in [0.3, 0.4) is 0 Å². The van der Waals surface area contributed by atoms with Gasteiger partial charge in [-0.1, -0.05) is 0 Å². The highest BCUT2D eigenvalue weighted by atomic mass is 15.0. The molecule has 0 atom stereocenters. The fourth-order valence-electron chi connectivity index (χ4n) is 1.57. The molecule has 13 heavy (non-hydrogen) atoms. The first-order valence-electron chi connectivity index (χ1n) is 4.87. The number of rotatable bonds is 3. The topological polar surface area (TPSA) is 43.8 Å². The minimum absolute atomic E-state index is 0.165. The maximum absolute atomic E-state index is 6.02. The summed E-state index contributed by atoms with van der Waals surface area (Å²) in [5.41, 5.74) is 7.49. The van der Waals surface area contributed by atoms with Crippen LogP contribution in [0, 0.1) is 6.92 Å². The molecule has 1 aromatic heterocycles. The molecule has 1 aromatic rings. The molecule has 0 aromatic carbocycles. The minimum atomic E-state index is 0.165. The van der Waals surface area contributed by atoms with E-state index in [1.165, 1.54) is 18.5 Å². The van der Waals surface area contributed by atoms with Gasteiger partial charge in [0.25, 0.3) is 0 Å². The number of nitrogens with zero attached hydrogens (tertiary/aromatic N) is 2. The normalized spacial score (nSPS) is 19.0. The lowest BCUT2D eigenvalue weighted by molar-refractivity contribution is 0.592. The molecule has 0 radical (unpaired) electrons. The van der Waals surface area contributed by atoms with E-state index in [-0.39, 0.29) is 5.54 Å². The first-order valence-corrected chi connectivity index (χ1v) is 4.87. The van der Waals surface area contributed by atoms with Crippen LogP contribution in [0.2, 0.25) is 0 Å². The maximum Gasteiger partial charge on any atom is 0.105 e. The Bertz CT molecular complexity index is 310. The van der Waals surface area contributed by atoms with E-state index in [9.17, 15) is 0 Å². The smallest absolute Gasteiger partial charge is 0.105 e. The molecule has 0 saturated heterocycles. The van der Waals surface area contributed by atoms with Crippen molar-refractivity contribution in [2.24, 2.45) is 12.8 Å². The fourth-order valence-corrected chi connectivity index (χ4v) is 1.57. The third-order valence-corrected chi connectivity index (χ3v) is 3.09. The minimum Gasteiger partial charge on any atom is -0.335 e. The number of nitrogens with two attached hydrogens (primary N) is 1. The van der Waals surface area contributed by atoms with E-state index in [2.05, 4.69) is 16.6 Å². The van der Waals surface area contributed by atoms with Crippen LogP contribution in [0.15, 0.2) is 6.20 Å². The average molecular weight is 179 g/mol. The number of hydrogen-bond acceptors (Lipinski definition) is 2. The van der Waals surface area contributed by atoms with Gasteiger partial charge in [0.1, 0.15) is 5.82 Å². The molecule has 1 aliphatic rings. The average Bonchev–Trinajstić information content (AvgIpc) is 2.75. The van der Waals surface area contributed by atoms with Gasteiger partial charge in [0, 0.05) is 24.5 Å². The highest BCUT2D eigenvalue weighted by Gasteiger charge is 2.37. The Morgan fingerprint density at radius 1 is 1.62 bits per heavy atom. The molecule has 0 unspecified atom stereocenters. The van der Waals surface area contributed by atoms with E-state index in [0.29, 0.717) is 0 Å². The first-order chi connectivity index (χ1) is 6.11. The zero-order valence-corrected chi connectivity index (χ0v) is 8.38. The lowest BCUT2D eigenvalue weighted by atomic mass is 10.1. The molecule has 1 fully saturated rings. The van der Waals surface area contributed by atoms with Crippen molar-refractivity contribution >= 4 is 0 Å². The van der Waals surface area contributed by atoms with E-state index in [1.807, 2.05) is 13.1 Å². The van der Waals surface area contributed by atoms with Crippen molar-refractivity contribution in [3.05, 3.63) is 17.7 Å². The van der Waals surface area contributed by atoms with E-state index < -0.39 is 0 Å². The molecule has 3 nitrogen and oxygen atoms in total. The number of hydrogen-bond donors (Lipinski definition) is 1. The highest BCUT2D eigenvalue weighted by molar-refractivity contribution is 5.07. The quantitative estimate of drug-likeness (QED) is 0.756. The van der Waals surface area contributed by atoms with Crippen molar-refractivity contribution in [3.8, 4) is 0 Å². The Morgan fingerprint density at radius 2 is 2.31 bits per heavy atom. The third-order valence-electron chi connectivity index (χ3n) is 3.09. The molecule has 0 amide bonds. The van der Waals surface area contributed by atoms with Crippen LogP contribution < -0.4 is 5.73 Å². The lowest BCUT2D eigenvalue weighted by Crippen LogP contribution is -2.22. The van der Waals surface area contributed by atoms with Crippen molar-refractivity contribution in [2.75, 3.05) is 0 Å². The molecule has 0 aliphatic heterocycles. The third kappa shape index (κ3) is 1.75. The molecule has 0 spiro atoms. The summed E-state index contributed by atoms with van der Waals surface area (Å²) in [6.07, 6.45) is 6.52. The van der Waals surface area contributed by atoms with Crippen molar-refractivity contribution in [1.82, 2.24) is 9.55 Å². The summed E-state index contributed by atoms with van der Waals surface area (Å²) in [5.74, 6) is 1.08. The van der Waals surface area contributed by atoms with Gasteiger partial charge >= 0.3 is 0 Å². The summed E-state index contributed by atoms with van der Waals surface area (Å²) < 4.78 is 2.14. The van der Waals surface area contributed by atoms with Gasteiger partial charge in [-0.15, -0.1) is 0 Å². The summed E-state index contributed by atoms with van der Waals surface area (Å²) in [7, 11) is 2.06. The molecule has 0 bridgehead atoms. The second-order valence-corrected chi connectivity index (χ2v) is 4.22.